The van der Waals surface area contributed by atoms with E-state index >= 15 is 0 Å². The summed E-state index contributed by atoms with van der Waals surface area (Å²) in [5.74, 6) is -0.642. The maximum Gasteiger partial charge on any atom is 0.243 e. The Kier molecular flexibility index (Phi) is 4.89. The first-order chi connectivity index (χ1) is 10.1. The molecule has 0 saturated carbocycles. The molecule has 1 aromatic rings. The van der Waals surface area contributed by atoms with Crippen molar-refractivity contribution in [3.8, 4) is 0 Å². The Morgan fingerprint density at radius 3 is 2.76 bits per heavy atom. The SMILES string of the molecule is NCC(=O)NCC(=O)Nc1cccc(N2CCCC2=O)c1. The van der Waals surface area contributed by atoms with Gasteiger partial charge >= 0.3 is 0 Å². The Morgan fingerprint density at radius 2 is 2.10 bits per heavy atom. The van der Waals surface area contributed by atoms with E-state index in [0.29, 0.717) is 18.7 Å². The zero-order valence-electron chi connectivity index (χ0n) is 11.6. The molecule has 1 aliphatic rings. The van der Waals surface area contributed by atoms with E-state index in [9.17, 15) is 14.4 Å². The van der Waals surface area contributed by atoms with Crippen LogP contribution in [-0.2, 0) is 14.4 Å². The van der Waals surface area contributed by atoms with Gasteiger partial charge in [0.2, 0.25) is 17.7 Å². The van der Waals surface area contributed by atoms with E-state index in [1.54, 1.807) is 23.1 Å². The molecule has 0 unspecified atom stereocenters. The molecule has 4 N–H and O–H groups in total. The maximum absolute atomic E-state index is 11.7. The summed E-state index contributed by atoms with van der Waals surface area (Å²) in [6.45, 7) is 0.408. The first-order valence-corrected chi connectivity index (χ1v) is 6.77. The third kappa shape index (κ3) is 4.03. The smallest absolute Gasteiger partial charge is 0.243 e. The molecule has 0 atom stereocenters. The summed E-state index contributed by atoms with van der Waals surface area (Å²) in [6, 6.07) is 7.07. The third-order valence-corrected chi connectivity index (χ3v) is 3.15. The molecule has 0 bridgehead atoms. The maximum atomic E-state index is 11.7. The van der Waals surface area contributed by atoms with Gasteiger partial charge in [-0.1, -0.05) is 6.07 Å². The Balaban J connectivity index is 1.96. The van der Waals surface area contributed by atoms with Gasteiger partial charge in [-0.3, -0.25) is 14.4 Å². The van der Waals surface area contributed by atoms with Gasteiger partial charge < -0.3 is 21.3 Å². The molecule has 3 amide bonds. The molecule has 1 heterocycles. The molecular formula is C14H18N4O3. The number of benzene rings is 1. The molecule has 21 heavy (non-hydrogen) atoms. The fourth-order valence-electron chi connectivity index (χ4n) is 2.13. The van der Waals surface area contributed by atoms with Crippen molar-refractivity contribution in [1.29, 1.82) is 0 Å². The lowest BCUT2D eigenvalue weighted by Crippen LogP contribution is -2.36. The minimum atomic E-state index is -0.387. The number of hydrogen-bond donors (Lipinski definition) is 3. The molecule has 0 spiro atoms. The highest BCUT2D eigenvalue weighted by Gasteiger charge is 2.21. The van der Waals surface area contributed by atoms with Crippen LogP contribution >= 0.6 is 0 Å². The van der Waals surface area contributed by atoms with Gasteiger partial charge in [0.25, 0.3) is 0 Å². The Hall–Kier alpha value is -2.41. The number of amides is 3. The molecule has 1 saturated heterocycles. The van der Waals surface area contributed by atoms with E-state index < -0.39 is 0 Å². The van der Waals surface area contributed by atoms with E-state index in [1.165, 1.54) is 0 Å². The first kappa shape index (κ1) is 15.0. The van der Waals surface area contributed by atoms with Crippen LogP contribution in [0.2, 0.25) is 0 Å². The van der Waals surface area contributed by atoms with Crippen molar-refractivity contribution in [2.75, 3.05) is 29.9 Å². The normalized spacial score (nSPS) is 14.1. The average molecular weight is 290 g/mol. The Bertz CT molecular complexity index is 559. The van der Waals surface area contributed by atoms with Gasteiger partial charge in [0, 0.05) is 24.3 Å². The number of hydrogen-bond acceptors (Lipinski definition) is 4. The quantitative estimate of drug-likeness (QED) is 0.700. The lowest BCUT2D eigenvalue weighted by atomic mass is 10.2. The van der Waals surface area contributed by atoms with Crippen LogP contribution in [0.1, 0.15) is 12.8 Å². The number of rotatable bonds is 5. The standard InChI is InChI=1S/C14H18N4O3/c15-8-12(19)16-9-13(20)17-10-3-1-4-11(7-10)18-6-2-5-14(18)21/h1,3-4,7H,2,5-6,8-9,15H2,(H,16,19)(H,17,20). The van der Waals surface area contributed by atoms with Crippen molar-refractivity contribution in [3.63, 3.8) is 0 Å². The topological polar surface area (TPSA) is 105 Å². The van der Waals surface area contributed by atoms with Crippen LogP contribution in [0.5, 0.6) is 0 Å². The zero-order chi connectivity index (χ0) is 15.2. The Labute approximate surface area is 122 Å². The highest BCUT2D eigenvalue weighted by atomic mass is 16.2. The Morgan fingerprint density at radius 1 is 1.29 bits per heavy atom. The second kappa shape index (κ2) is 6.85. The van der Waals surface area contributed by atoms with Crippen LogP contribution in [-0.4, -0.2) is 37.4 Å². The zero-order valence-corrected chi connectivity index (χ0v) is 11.6. The lowest BCUT2D eigenvalue weighted by Gasteiger charge is -2.16. The van der Waals surface area contributed by atoms with Gasteiger partial charge in [0.05, 0.1) is 13.1 Å². The van der Waals surface area contributed by atoms with Crippen molar-refractivity contribution < 1.29 is 14.4 Å². The average Bonchev–Trinajstić information content (AvgIpc) is 2.91. The summed E-state index contributed by atoms with van der Waals surface area (Å²) in [6.07, 6.45) is 1.41. The fraction of sp³-hybridized carbons (Fsp3) is 0.357. The van der Waals surface area contributed by atoms with Crippen LogP contribution in [0.4, 0.5) is 11.4 Å². The number of anilines is 2. The molecule has 7 heteroatoms. The lowest BCUT2D eigenvalue weighted by molar-refractivity contribution is -0.123. The van der Waals surface area contributed by atoms with E-state index in [2.05, 4.69) is 10.6 Å². The molecule has 0 aliphatic carbocycles. The summed E-state index contributed by atoms with van der Waals surface area (Å²) in [5, 5.41) is 5.06. The van der Waals surface area contributed by atoms with Crippen molar-refractivity contribution >= 4 is 29.1 Å². The predicted molar refractivity (Wildman–Crippen MR) is 78.7 cm³/mol. The largest absolute Gasteiger partial charge is 0.346 e. The minimum Gasteiger partial charge on any atom is -0.346 e. The summed E-state index contributed by atoms with van der Waals surface area (Å²) >= 11 is 0. The van der Waals surface area contributed by atoms with E-state index in [1.807, 2.05) is 6.07 Å². The first-order valence-electron chi connectivity index (χ1n) is 6.77. The van der Waals surface area contributed by atoms with Gasteiger partial charge in [-0.15, -0.1) is 0 Å². The number of nitrogens with zero attached hydrogens (tertiary/aromatic N) is 1. The molecule has 1 fully saturated rings. The summed E-state index contributed by atoms with van der Waals surface area (Å²) in [4.78, 5) is 36.1. The molecule has 1 aliphatic heterocycles. The van der Waals surface area contributed by atoms with Crippen LogP contribution in [0.3, 0.4) is 0 Å². The van der Waals surface area contributed by atoms with E-state index in [0.717, 1.165) is 12.1 Å². The fourth-order valence-corrected chi connectivity index (χ4v) is 2.13. The summed E-state index contributed by atoms with van der Waals surface area (Å²) in [5.41, 5.74) is 6.48. The predicted octanol–water partition coefficient (Wildman–Crippen LogP) is -0.173. The minimum absolute atomic E-state index is 0.0914. The summed E-state index contributed by atoms with van der Waals surface area (Å²) < 4.78 is 0. The van der Waals surface area contributed by atoms with Crippen LogP contribution in [0.25, 0.3) is 0 Å². The van der Waals surface area contributed by atoms with Crippen LogP contribution in [0.15, 0.2) is 24.3 Å². The summed E-state index contributed by atoms with van der Waals surface area (Å²) in [7, 11) is 0. The highest BCUT2D eigenvalue weighted by Crippen LogP contribution is 2.24. The second-order valence-electron chi connectivity index (χ2n) is 4.73. The second-order valence-corrected chi connectivity index (χ2v) is 4.73. The number of nitrogens with two attached hydrogens (primary N) is 1. The molecule has 7 nitrogen and oxygen atoms in total. The molecule has 0 aromatic heterocycles. The van der Waals surface area contributed by atoms with E-state index in [4.69, 9.17) is 5.73 Å². The van der Waals surface area contributed by atoms with Crippen LogP contribution in [0, 0.1) is 0 Å². The molecule has 112 valence electrons. The third-order valence-electron chi connectivity index (χ3n) is 3.15. The van der Waals surface area contributed by atoms with Crippen molar-refractivity contribution in [1.82, 2.24) is 5.32 Å². The number of nitrogens with one attached hydrogen (secondary N) is 2. The molecule has 0 radical (unpaired) electrons. The van der Waals surface area contributed by atoms with Crippen molar-refractivity contribution in [2.45, 2.75) is 12.8 Å². The van der Waals surface area contributed by atoms with Crippen molar-refractivity contribution in [2.24, 2.45) is 5.73 Å². The highest BCUT2D eigenvalue weighted by molar-refractivity contribution is 5.98. The van der Waals surface area contributed by atoms with Gasteiger partial charge in [-0.25, -0.2) is 0 Å². The van der Waals surface area contributed by atoms with Crippen LogP contribution < -0.4 is 21.3 Å². The number of carbonyl (C=O) groups is 3. The monoisotopic (exact) mass is 290 g/mol. The van der Waals surface area contributed by atoms with E-state index in [-0.39, 0.29) is 30.8 Å². The number of carbonyl (C=O) groups excluding carboxylic acids is 3. The molecule has 1 aromatic carbocycles. The van der Waals surface area contributed by atoms with Gasteiger partial charge in [0.15, 0.2) is 0 Å². The van der Waals surface area contributed by atoms with Crippen molar-refractivity contribution in [3.05, 3.63) is 24.3 Å². The molecular weight excluding hydrogens is 272 g/mol. The molecule has 2 rings (SSSR count). The van der Waals surface area contributed by atoms with Gasteiger partial charge in [-0.2, -0.15) is 0 Å². The van der Waals surface area contributed by atoms with Gasteiger partial charge in [-0.05, 0) is 24.6 Å². The van der Waals surface area contributed by atoms with Gasteiger partial charge in [0.1, 0.15) is 0 Å².